The fourth-order valence-corrected chi connectivity index (χ4v) is 3.85. The van der Waals surface area contributed by atoms with Crippen LogP contribution in [-0.4, -0.2) is 32.2 Å². The zero-order valence-electron chi connectivity index (χ0n) is 13.8. The number of nitrogens with two attached hydrogens (primary N) is 1. The lowest BCUT2D eigenvalue weighted by Crippen LogP contribution is -2.54. The topological polar surface area (TPSA) is 89.3 Å². The van der Waals surface area contributed by atoms with Crippen LogP contribution in [0.1, 0.15) is 33.6 Å². The van der Waals surface area contributed by atoms with Crippen molar-refractivity contribution in [2.24, 2.45) is 11.7 Å². The van der Waals surface area contributed by atoms with Crippen LogP contribution in [0.2, 0.25) is 0 Å². The lowest BCUT2D eigenvalue weighted by atomic mass is 9.92. The summed E-state index contributed by atoms with van der Waals surface area (Å²) in [6.07, 6.45) is 1.34. The largest absolute Gasteiger partial charge is 0.349 e. The first-order chi connectivity index (χ1) is 10.7. The third kappa shape index (κ3) is 5.00. The van der Waals surface area contributed by atoms with Crippen LogP contribution in [0.5, 0.6) is 0 Å². The van der Waals surface area contributed by atoms with Gasteiger partial charge in [-0.2, -0.15) is 0 Å². The van der Waals surface area contributed by atoms with Crippen molar-refractivity contribution in [3.05, 3.63) is 30.1 Å². The molecular formula is C16H25FN2O3S. The number of carbonyl (C=O) groups is 1. The van der Waals surface area contributed by atoms with Crippen molar-refractivity contribution in [2.45, 2.75) is 44.0 Å². The summed E-state index contributed by atoms with van der Waals surface area (Å²) in [4.78, 5) is 12.3. The molecule has 1 aromatic rings. The van der Waals surface area contributed by atoms with E-state index in [0.717, 1.165) is 12.1 Å². The molecule has 0 saturated heterocycles. The van der Waals surface area contributed by atoms with Crippen LogP contribution in [0, 0.1) is 11.7 Å². The Morgan fingerprint density at radius 3 is 2.22 bits per heavy atom. The van der Waals surface area contributed by atoms with E-state index in [1.807, 2.05) is 13.8 Å². The van der Waals surface area contributed by atoms with Crippen molar-refractivity contribution in [3.63, 3.8) is 0 Å². The molecule has 0 bridgehead atoms. The summed E-state index contributed by atoms with van der Waals surface area (Å²) in [5.74, 6) is -1.91. The minimum Gasteiger partial charge on any atom is -0.349 e. The molecule has 1 aromatic carbocycles. The Hall–Kier alpha value is -1.47. The van der Waals surface area contributed by atoms with E-state index in [1.165, 1.54) is 12.1 Å². The predicted octanol–water partition coefficient (Wildman–Crippen LogP) is 1.87. The van der Waals surface area contributed by atoms with Crippen molar-refractivity contribution in [2.75, 3.05) is 12.3 Å². The van der Waals surface area contributed by atoms with Gasteiger partial charge in [0, 0.05) is 12.5 Å². The lowest BCUT2D eigenvalue weighted by molar-refractivity contribution is -0.125. The summed E-state index contributed by atoms with van der Waals surface area (Å²) < 4.78 is 37.5. The monoisotopic (exact) mass is 344 g/mol. The Morgan fingerprint density at radius 1 is 1.26 bits per heavy atom. The van der Waals surface area contributed by atoms with Gasteiger partial charge in [-0.05, 0) is 37.1 Å². The van der Waals surface area contributed by atoms with E-state index in [1.54, 1.807) is 6.92 Å². The van der Waals surface area contributed by atoms with Crippen LogP contribution in [0.25, 0.3) is 0 Å². The molecule has 1 unspecified atom stereocenters. The Morgan fingerprint density at radius 2 is 1.78 bits per heavy atom. The number of benzene rings is 1. The van der Waals surface area contributed by atoms with Gasteiger partial charge in [0.15, 0.2) is 9.84 Å². The maximum Gasteiger partial charge on any atom is 0.224 e. The van der Waals surface area contributed by atoms with Crippen molar-refractivity contribution in [1.29, 1.82) is 0 Å². The maximum atomic E-state index is 12.9. The normalized spacial score (nSPS) is 13.6. The summed E-state index contributed by atoms with van der Waals surface area (Å²) in [5.41, 5.74) is 5.23. The molecule has 0 radical (unpaired) electrons. The molecule has 0 heterocycles. The molecule has 1 atom stereocenters. The standard InChI is InChI=1S/C16H25FN2O3S/c1-4-16(5-2,11-18)19-15(20)12(3)10-23(21,22)14-8-6-13(17)7-9-14/h6-9,12H,4-5,10-11,18H2,1-3H3,(H,19,20). The molecular weight excluding hydrogens is 319 g/mol. The van der Waals surface area contributed by atoms with Gasteiger partial charge in [0.25, 0.3) is 0 Å². The number of hydrogen-bond donors (Lipinski definition) is 2. The first kappa shape index (κ1) is 19.6. The molecule has 0 aromatic heterocycles. The molecule has 0 saturated carbocycles. The first-order valence-corrected chi connectivity index (χ1v) is 9.35. The van der Waals surface area contributed by atoms with Crippen LogP contribution >= 0.6 is 0 Å². The fourth-order valence-electron chi connectivity index (χ4n) is 2.29. The van der Waals surface area contributed by atoms with Crippen molar-refractivity contribution in [3.8, 4) is 0 Å². The highest BCUT2D eigenvalue weighted by Crippen LogP contribution is 2.18. The Labute approximate surface area is 137 Å². The van der Waals surface area contributed by atoms with E-state index in [9.17, 15) is 17.6 Å². The molecule has 0 spiro atoms. The SMILES string of the molecule is CCC(CC)(CN)NC(=O)C(C)CS(=O)(=O)c1ccc(F)cc1. The summed E-state index contributed by atoms with van der Waals surface area (Å²) in [6, 6.07) is 4.59. The van der Waals surface area contributed by atoms with Crippen LogP contribution in [0.15, 0.2) is 29.2 Å². The molecule has 7 heteroatoms. The Bertz CT molecular complexity index is 617. The highest BCUT2D eigenvalue weighted by atomic mass is 32.2. The fraction of sp³-hybridized carbons (Fsp3) is 0.562. The van der Waals surface area contributed by atoms with E-state index in [4.69, 9.17) is 5.73 Å². The van der Waals surface area contributed by atoms with Gasteiger partial charge in [0.1, 0.15) is 5.82 Å². The molecule has 5 nitrogen and oxygen atoms in total. The number of rotatable bonds is 8. The van der Waals surface area contributed by atoms with Crippen LogP contribution in [0.4, 0.5) is 4.39 Å². The molecule has 130 valence electrons. The third-order valence-corrected chi connectivity index (χ3v) is 6.15. The number of halogens is 1. The second kappa shape index (κ2) is 7.88. The molecule has 0 aliphatic heterocycles. The average molecular weight is 344 g/mol. The van der Waals surface area contributed by atoms with Crippen molar-refractivity contribution >= 4 is 15.7 Å². The quantitative estimate of drug-likeness (QED) is 0.705. The Kier molecular flexibility index (Phi) is 6.70. The lowest BCUT2D eigenvalue weighted by Gasteiger charge is -2.32. The summed E-state index contributed by atoms with van der Waals surface area (Å²) in [7, 11) is -3.66. The maximum absolute atomic E-state index is 12.9. The van der Waals surface area contributed by atoms with Crippen LogP contribution in [0.3, 0.4) is 0 Å². The molecule has 1 rings (SSSR count). The van der Waals surface area contributed by atoms with Gasteiger partial charge >= 0.3 is 0 Å². The molecule has 1 amide bonds. The number of sulfone groups is 1. The van der Waals surface area contributed by atoms with Crippen molar-refractivity contribution < 1.29 is 17.6 Å². The first-order valence-electron chi connectivity index (χ1n) is 7.70. The number of nitrogens with one attached hydrogen (secondary N) is 1. The van der Waals surface area contributed by atoms with Crippen molar-refractivity contribution in [1.82, 2.24) is 5.32 Å². The van der Waals surface area contributed by atoms with Gasteiger partial charge in [-0.25, -0.2) is 12.8 Å². The second-order valence-electron chi connectivity index (χ2n) is 5.82. The van der Waals surface area contributed by atoms with E-state index < -0.39 is 27.1 Å². The second-order valence-corrected chi connectivity index (χ2v) is 7.85. The van der Waals surface area contributed by atoms with Gasteiger partial charge < -0.3 is 11.1 Å². The van der Waals surface area contributed by atoms with Gasteiger partial charge in [-0.3, -0.25) is 4.79 Å². The molecule has 0 aliphatic carbocycles. The van der Waals surface area contributed by atoms with E-state index in [2.05, 4.69) is 5.32 Å². The summed E-state index contributed by atoms with van der Waals surface area (Å²) in [5, 5.41) is 2.87. The molecule has 23 heavy (non-hydrogen) atoms. The third-order valence-electron chi connectivity index (χ3n) is 4.22. The van der Waals surface area contributed by atoms with Gasteiger partial charge in [-0.1, -0.05) is 20.8 Å². The van der Waals surface area contributed by atoms with E-state index in [-0.39, 0.29) is 16.6 Å². The summed E-state index contributed by atoms with van der Waals surface area (Å²) >= 11 is 0. The highest BCUT2D eigenvalue weighted by Gasteiger charge is 2.30. The van der Waals surface area contributed by atoms with Gasteiger partial charge in [0.2, 0.25) is 5.91 Å². The smallest absolute Gasteiger partial charge is 0.224 e. The average Bonchev–Trinajstić information content (AvgIpc) is 2.52. The van der Waals surface area contributed by atoms with Gasteiger partial charge in [-0.15, -0.1) is 0 Å². The van der Waals surface area contributed by atoms with E-state index >= 15 is 0 Å². The highest BCUT2D eigenvalue weighted by molar-refractivity contribution is 7.91. The number of hydrogen-bond acceptors (Lipinski definition) is 4. The van der Waals surface area contributed by atoms with Crippen LogP contribution in [-0.2, 0) is 14.6 Å². The zero-order valence-corrected chi connectivity index (χ0v) is 14.6. The predicted molar refractivity (Wildman–Crippen MR) is 88.1 cm³/mol. The molecule has 0 fully saturated rings. The number of amides is 1. The minimum atomic E-state index is -3.66. The molecule has 3 N–H and O–H groups in total. The van der Waals surface area contributed by atoms with E-state index in [0.29, 0.717) is 19.4 Å². The van der Waals surface area contributed by atoms with Crippen LogP contribution < -0.4 is 11.1 Å². The number of carbonyl (C=O) groups excluding carboxylic acids is 1. The molecule has 0 aliphatic rings. The van der Waals surface area contributed by atoms with Gasteiger partial charge in [0.05, 0.1) is 16.2 Å². The Balaban J connectivity index is 2.83. The summed E-state index contributed by atoms with van der Waals surface area (Å²) in [6.45, 7) is 5.71. The zero-order chi connectivity index (χ0) is 17.7. The minimum absolute atomic E-state index is 0.00891.